The van der Waals surface area contributed by atoms with Gasteiger partial charge in [0.1, 0.15) is 12.3 Å². The van der Waals surface area contributed by atoms with E-state index in [0.29, 0.717) is 24.0 Å². The van der Waals surface area contributed by atoms with Gasteiger partial charge in [-0.3, -0.25) is 5.10 Å². The molecule has 0 saturated carbocycles. The van der Waals surface area contributed by atoms with Gasteiger partial charge in [-0.25, -0.2) is 0 Å². The van der Waals surface area contributed by atoms with Crippen LogP contribution < -0.4 is 0 Å². The quantitative estimate of drug-likeness (QED) is 0.612. The number of aromatic nitrogens is 4. The Kier molecular flexibility index (Phi) is 3.57. The van der Waals surface area contributed by atoms with Crippen molar-refractivity contribution in [3.05, 3.63) is 66.1 Å². The van der Waals surface area contributed by atoms with Crippen molar-refractivity contribution in [3.8, 4) is 11.5 Å². The molecule has 4 aromatic rings. The first-order valence-corrected chi connectivity index (χ1v) is 7.28. The Balaban J connectivity index is 1.47. The molecule has 2 heterocycles. The Morgan fingerprint density at radius 3 is 2.70 bits per heavy atom. The summed E-state index contributed by atoms with van der Waals surface area (Å²) in [6, 6.07) is 17.8. The number of nitrogens with zero attached hydrogens (tertiary/aromatic N) is 3. The number of fused-ring (bicyclic) bond motifs is 1. The maximum atomic E-state index is 5.60. The third kappa shape index (κ3) is 2.84. The lowest BCUT2D eigenvalue weighted by Crippen LogP contribution is -1.94. The van der Waals surface area contributed by atoms with E-state index in [4.69, 9.17) is 9.26 Å². The molecule has 0 saturated heterocycles. The fourth-order valence-electron chi connectivity index (χ4n) is 2.37. The van der Waals surface area contributed by atoms with Crippen LogP contribution in [-0.2, 0) is 18.0 Å². The number of rotatable bonds is 5. The first-order chi connectivity index (χ1) is 11.4. The molecular formula is C17H14N4O2. The van der Waals surface area contributed by atoms with Crippen molar-refractivity contribution >= 4 is 10.9 Å². The first-order valence-electron chi connectivity index (χ1n) is 7.28. The lowest BCUT2D eigenvalue weighted by atomic mass is 10.2. The largest absolute Gasteiger partial charge is 0.367 e. The molecule has 0 aliphatic rings. The number of benzene rings is 2. The molecular weight excluding hydrogens is 292 g/mol. The van der Waals surface area contributed by atoms with E-state index in [9.17, 15) is 0 Å². The van der Waals surface area contributed by atoms with Crippen LogP contribution in [0.4, 0.5) is 0 Å². The van der Waals surface area contributed by atoms with Crippen LogP contribution >= 0.6 is 0 Å². The number of para-hydroxylation sites is 1. The molecule has 6 heteroatoms. The highest BCUT2D eigenvalue weighted by Gasteiger charge is 2.14. The minimum absolute atomic E-state index is 0.268. The number of ether oxygens (including phenoxy) is 1. The summed E-state index contributed by atoms with van der Waals surface area (Å²) in [6.45, 7) is 0.772. The zero-order valence-electron chi connectivity index (χ0n) is 12.3. The van der Waals surface area contributed by atoms with Gasteiger partial charge in [-0.05, 0) is 11.6 Å². The topological polar surface area (TPSA) is 76.8 Å². The lowest BCUT2D eigenvalue weighted by molar-refractivity contribution is 0.0850. The molecule has 2 aromatic heterocycles. The predicted octanol–water partition coefficient (Wildman–Crippen LogP) is 3.33. The zero-order valence-corrected chi connectivity index (χ0v) is 12.3. The summed E-state index contributed by atoms with van der Waals surface area (Å²) in [5.74, 6) is 0.892. The van der Waals surface area contributed by atoms with Crippen molar-refractivity contribution < 1.29 is 9.26 Å². The van der Waals surface area contributed by atoms with Crippen LogP contribution in [0.3, 0.4) is 0 Å². The van der Waals surface area contributed by atoms with Gasteiger partial charge in [-0.2, -0.15) is 10.1 Å². The van der Waals surface area contributed by atoms with Crippen molar-refractivity contribution in [2.45, 2.75) is 13.2 Å². The third-order valence-electron chi connectivity index (χ3n) is 3.49. The monoisotopic (exact) mass is 306 g/mol. The first kappa shape index (κ1) is 13.7. The van der Waals surface area contributed by atoms with Crippen LogP contribution in [0.5, 0.6) is 0 Å². The van der Waals surface area contributed by atoms with Gasteiger partial charge in [0.25, 0.3) is 5.89 Å². The van der Waals surface area contributed by atoms with E-state index in [2.05, 4.69) is 20.3 Å². The Hall–Kier alpha value is -2.99. The molecule has 0 radical (unpaired) electrons. The van der Waals surface area contributed by atoms with E-state index in [1.54, 1.807) is 0 Å². The van der Waals surface area contributed by atoms with Crippen molar-refractivity contribution in [1.29, 1.82) is 0 Å². The SMILES string of the molecule is c1ccc(COCc2nc(-c3n[nH]c4ccccc34)no2)cc1. The standard InChI is InChI=1S/C17H14N4O2/c1-2-6-12(7-3-1)10-22-11-15-18-17(21-23-15)16-13-8-4-5-9-14(13)19-20-16/h1-9H,10-11H2,(H,19,20). The van der Waals surface area contributed by atoms with E-state index < -0.39 is 0 Å². The minimum Gasteiger partial charge on any atom is -0.367 e. The average molecular weight is 306 g/mol. The summed E-state index contributed by atoms with van der Waals surface area (Å²) >= 11 is 0. The number of hydrogen-bond donors (Lipinski definition) is 1. The molecule has 0 unspecified atom stereocenters. The molecule has 0 bridgehead atoms. The second kappa shape index (κ2) is 6.02. The molecule has 6 nitrogen and oxygen atoms in total. The summed E-state index contributed by atoms with van der Waals surface area (Å²) in [6.07, 6.45) is 0. The van der Waals surface area contributed by atoms with Crippen LogP contribution in [0.25, 0.3) is 22.4 Å². The molecule has 0 aliphatic heterocycles. The number of H-pyrrole nitrogens is 1. The molecule has 1 N–H and O–H groups in total. The van der Waals surface area contributed by atoms with Gasteiger partial charge in [-0.1, -0.05) is 53.7 Å². The zero-order chi connectivity index (χ0) is 15.5. The Bertz CT molecular complexity index is 914. The van der Waals surface area contributed by atoms with Crippen molar-refractivity contribution in [1.82, 2.24) is 20.3 Å². The van der Waals surface area contributed by atoms with E-state index in [1.165, 1.54) is 0 Å². The second-order valence-corrected chi connectivity index (χ2v) is 5.11. The van der Waals surface area contributed by atoms with Crippen LogP contribution in [0.1, 0.15) is 11.5 Å². The Labute approximate surface area is 132 Å². The van der Waals surface area contributed by atoms with Crippen LogP contribution in [-0.4, -0.2) is 20.3 Å². The molecule has 0 spiro atoms. The second-order valence-electron chi connectivity index (χ2n) is 5.11. The van der Waals surface area contributed by atoms with Gasteiger partial charge in [0.2, 0.25) is 5.82 Å². The van der Waals surface area contributed by atoms with Crippen LogP contribution in [0, 0.1) is 0 Å². The highest BCUT2D eigenvalue weighted by atomic mass is 16.5. The molecule has 2 aromatic carbocycles. The molecule has 0 amide bonds. The number of nitrogens with one attached hydrogen (secondary N) is 1. The number of aromatic amines is 1. The van der Waals surface area contributed by atoms with Crippen molar-refractivity contribution in [3.63, 3.8) is 0 Å². The molecule has 4 rings (SSSR count). The maximum absolute atomic E-state index is 5.60. The smallest absolute Gasteiger partial charge is 0.253 e. The fraction of sp³-hybridized carbons (Fsp3) is 0.118. The lowest BCUT2D eigenvalue weighted by Gasteiger charge is -2.00. The number of hydrogen-bond acceptors (Lipinski definition) is 5. The van der Waals surface area contributed by atoms with E-state index in [0.717, 1.165) is 16.5 Å². The van der Waals surface area contributed by atoms with Gasteiger partial charge in [0.15, 0.2) is 0 Å². The average Bonchev–Trinajstić information content (AvgIpc) is 3.22. The summed E-state index contributed by atoms with van der Waals surface area (Å²) in [5, 5.41) is 12.2. The highest BCUT2D eigenvalue weighted by molar-refractivity contribution is 5.90. The minimum atomic E-state index is 0.268. The molecule has 0 aliphatic carbocycles. The Morgan fingerprint density at radius 1 is 0.957 bits per heavy atom. The summed E-state index contributed by atoms with van der Waals surface area (Å²) < 4.78 is 10.8. The summed E-state index contributed by atoms with van der Waals surface area (Å²) in [7, 11) is 0. The molecule has 0 fully saturated rings. The van der Waals surface area contributed by atoms with Gasteiger partial charge in [0, 0.05) is 5.39 Å². The van der Waals surface area contributed by atoms with Crippen LogP contribution in [0.15, 0.2) is 59.1 Å². The summed E-state index contributed by atoms with van der Waals surface area (Å²) in [5.41, 5.74) is 2.72. The molecule has 23 heavy (non-hydrogen) atoms. The third-order valence-corrected chi connectivity index (χ3v) is 3.49. The van der Waals surface area contributed by atoms with E-state index >= 15 is 0 Å². The maximum Gasteiger partial charge on any atom is 0.253 e. The summed E-state index contributed by atoms with van der Waals surface area (Å²) in [4.78, 5) is 4.35. The van der Waals surface area contributed by atoms with Gasteiger partial charge < -0.3 is 9.26 Å². The van der Waals surface area contributed by atoms with Gasteiger partial charge in [-0.15, -0.1) is 0 Å². The fourth-order valence-corrected chi connectivity index (χ4v) is 2.37. The normalized spacial score (nSPS) is 11.1. The van der Waals surface area contributed by atoms with E-state index in [1.807, 2.05) is 54.6 Å². The van der Waals surface area contributed by atoms with E-state index in [-0.39, 0.29) is 6.61 Å². The van der Waals surface area contributed by atoms with Gasteiger partial charge >= 0.3 is 0 Å². The highest BCUT2D eigenvalue weighted by Crippen LogP contribution is 2.23. The molecule has 114 valence electrons. The van der Waals surface area contributed by atoms with Crippen molar-refractivity contribution in [2.24, 2.45) is 0 Å². The predicted molar refractivity (Wildman–Crippen MR) is 84.3 cm³/mol. The Morgan fingerprint density at radius 2 is 1.78 bits per heavy atom. The van der Waals surface area contributed by atoms with Crippen molar-refractivity contribution in [2.75, 3.05) is 0 Å². The van der Waals surface area contributed by atoms with Gasteiger partial charge in [0.05, 0.1) is 12.1 Å². The van der Waals surface area contributed by atoms with Crippen LogP contribution in [0.2, 0.25) is 0 Å². The molecule has 0 atom stereocenters.